The highest BCUT2D eigenvalue weighted by atomic mass is 16.2. The highest BCUT2D eigenvalue weighted by molar-refractivity contribution is 5.94. The van der Waals surface area contributed by atoms with Crippen LogP contribution >= 0.6 is 0 Å². The van der Waals surface area contributed by atoms with Crippen molar-refractivity contribution in [2.45, 2.75) is 26.8 Å². The van der Waals surface area contributed by atoms with E-state index in [9.17, 15) is 9.59 Å². The number of hydrogen-bond donors (Lipinski definition) is 1. The molecule has 0 saturated carbocycles. The molecule has 1 atom stereocenters. The van der Waals surface area contributed by atoms with Crippen LogP contribution in [0.1, 0.15) is 33.5 Å². The van der Waals surface area contributed by atoms with Gasteiger partial charge in [0.15, 0.2) is 0 Å². The Hall–Kier alpha value is -2.62. The topological polar surface area (TPSA) is 49.4 Å². The van der Waals surface area contributed by atoms with E-state index in [1.807, 2.05) is 67.3 Å². The van der Waals surface area contributed by atoms with Gasteiger partial charge < -0.3 is 10.2 Å². The number of amides is 2. The lowest BCUT2D eigenvalue weighted by Crippen LogP contribution is -2.31. The first-order valence-electron chi connectivity index (χ1n) is 8.69. The highest BCUT2D eigenvalue weighted by Crippen LogP contribution is 2.20. The van der Waals surface area contributed by atoms with Crippen LogP contribution in [0, 0.1) is 19.8 Å². The van der Waals surface area contributed by atoms with Gasteiger partial charge in [0.25, 0.3) is 5.91 Å². The number of nitrogens with zero attached hydrogens (tertiary/aromatic N) is 1. The Labute approximate surface area is 148 Å². The summed E-state index contributed by atoms with van der Waals surface area (Å²) in [6.07, 6.45) is 0.500. The zero-order chi connectivity index (χ0) is 17.8. The van der Waals surface area contributed by atoms with Crippen LogP contribution in [0.25, 0.3) is 0 Å². The molecule has 1 heterocycles. The molecule has 3 rings (SSSR count). The predicted octanol–water partition coefficient (Wildman–Crippen LogP) is 3.08. The fraction of sp³-hybridized carbons (Fsp3) is 0.333. The SMILES string of the molecule is Cc1cc(C)cc(C(=O)NCC2CC(=O)N(Cc3ccccc3)C2)c1. The summed E-state index contributed by atoms with van der Waals surface area (Å²) in [7, 11) is 0. The van der Waals surface area contributed by atoms with Crippen LogP contribution in [0.3, 0.4) is 0 Å². The van der Waals surface area contributed by atoms with Crippen molar-refractivity contribution in [2.75, 3.05) is 13.1 Å². The third-order valence-corrected chi connectivity index (χ3v) is 4.55. The van der Waals surface area contributed by atoms with E-state index in [0.717, 1.165) is 16.7 Å². The monoisotopic (exact) mass is 336 g/mol. The third-order valence-electron chi connectivity index (χ3n) is 4.55. The minimum atomic E-state index is -0.0687. The molecule has 2 aromatic rings. The quantitative estimate of drug-likeness (QED) is 0.912. The first-order chi connectivity index (χ1) is 12.0. The van der Waals surface area contributed by atoms with Crippen molar-refractivity contribution >= 4 is 11.8 Å². The zero-order valence-corrected chi connectivity index (χ0v) is 14.8. The van der Waals surface area contributed by atoms with E-state index in [1.54, 1.807) is 0 Å². The van der Waals surface area contributed by atoms with Gasteiger partial charge in [-0.2, -0.15) is 0 Å². The number of carbonyl (C=O) groups is 2. The van der Waals surface area contributed by atoms with E-state index in [2.05, 4.69) is 5.32 Å². The van der Waals surface area contributed by atoms with Gasteiger partial charge in [0.05, 0.1) is 0 Å². The maximum absolute atomic E-state index is 12.4. The molecule has 0 aliphatic carbocycles. The summed E-state index contributed by atoms with van der Waals surface area (Å²) in [6, 6.07) is 15.8. The Morgan fingerprint density at radius 2 is 1.80 bits per heavy atom. The lowest BCUT2D eigenvalue weighted by molar-refractivity contribution is -0.128. The van der Waals surface area contributed by atoms with Crippen LogP contribution < -0.4 is 5.32 Å². The molecule has 1 N–H and O–H groups in total. The number of carbonyl (C=O) groups excluding carboxylic acids is 2. The largest absolute Gasteiger partial charge is 0.352 e. The molecule has 0 aromatic heterocycles. The van der Waals surface area contributed by atoms with Crippen LogP contribution in [0.5, 0.6) is 0 Å². The van der Waals surface area contributed by atoms with Crippen LogP contribution in [-0.2, 0) is 11.3 Å². The van der Waals surface area contributed by atoms with Crippen LogP contribution in [0.2, 0.25) is 0 Å². The lowest BCUT2D eigenvalue weighted by Gasteiger charge is -2.17. The molecule has 1 saturated heterocycles. The molecule has 1 unspecified atom stereocenters. The van der Waals surface area contributed by atoms with Crippen molar-refractivity contribution in [3.63, 3.8) is 0 Å². The van der Waals surface area contributed by atoms with Gasteiger partial charge in [-0.1, -0.05) is 47.5 Å². The van der Waals surface area contributed by atoms with E-state index in [4.69, 9.17) is 0 Å². The van der Waals surface area contributed by atoms with E-state index in [-0.39, 0.29) is 17.7 Å². The first kappa shape index (κ1) is 17.2. The van der Waals surface area contributed by atoms with Gasteiger partial charge in [0, 0.05) is 37.5 Å². The van der Waals surface area contributed by atoms with Gasteiger partial charge in [-0.25, -0.2) is 0 Å². The summed E-state index contributed by atoms with van der Waals surface area (Å²) in [6.45, 7) is 5.84. The van der Waals surface area contributed by atoms with E-state index < -0.39 is 0 Å². The van der Waals surface area contributed by atoms with Crippen molar-refractivity contribution in [2.24, 2.45) is 5.92 Å². The number of hydrogen-bond acceptors (Lipinski definition) is 2. The predicted molar refractivity (Wildman–Crippen MR) is 98.2 cm³/mol. The molecule has 130 valence electrons. The minimum Gasteiger partial charge on any atom is -0.352 e. The van der Waals surface area contributed by atoms with Crippen molar-refractivity contribution in [1.29, 1.82) is 0 Å². The molecule has 0 spiro atoms. The fourth-order valence-electron chi connectivity index (χ4n) is 3.39. The standard InChI is InChI=1S/C21H24N2O2/c1-15-8-16(2)10-19(9-15)21(25)22-12-18-11-20(24)23(14-18)13-17-6-4-3-5-7-17/h3-10,18H,11-14H2,1-2H3,(H,22,25). The second kappa shape index (κ2) is 7.51. The number of likely N-dealkylation sites (tertiary alicyclic amines) is 1. The van der Waals surface area contributed by atoms with Crippen LogP contribution in [0.15, 0.2) is 48.5 Å². The average Bonchev–Trinajstić information content (AvgIpc) is 2.92. The summed E-state index contributed by atoms with van der Waals surface area (Å²) in [5, 5.41) is 2.98. The molecule has 1 aliphatic rings. The van der Waals surface area contributed by atoms with Gasteiger partial charge in [-0.15, -0.1) is 0 Å². The van der Waals surface area contributed by atoms with E-state index in [1.165, 1.54) is 0 Å². The molecule has 1 aliphatic heterocycles. The molecular weight excluding hydrogens is 312 g/mol. The Bertz CT molecular complexity index is 750. The van der Waals surface area contributed by atoms with Crippen molar-refractivity contribution < 1.29 is 9.59 Å². The van der Waals surface area contributed by atoms with Gasteiger partial charge in [0.1, 0.15) is 0 Å². The molecule has 2 amide bonds. The first-order valence-corrected chi connectivity index (χ1v) is 8.69. The Morgan fingerprint density at radius 1 is 1.12 bits per heavy atom. The van der Waals surface area contributed by atoms with Crippen LogP contribution in [-0.4, -0.2) is 29.8 Å². The molecular formula is C21H24N2O2. The Morgan fingerprint density at radius 3 is 2.48 bits per heavy atom. The number of aryl methyl sites for hydroxylation is 2. The molecule has 4 heteroatoms. The smallest absolute Gasteiger partial charge is 0.251 e. The average molecular weight is 336 g/mol. The van der Waals surface area contributed by atoms with Gasteiger partial charge in [-0.05, 0) is 31.5 Å². The fourth-order valence-corrected chi connectivity index (χ4v) is 3.39. The second-order valence-electron chi connectivity index (χ2n) is 6.92. The number of benzene rings is 2. The summed E-state index contributed by atoms with van der Waals surface area (Å²) in [5.74, 6) is 0.265. The van der Waals surface area contributed by atoms with Gasteiger partial charge in [0.2, 0.25) is 5.91 Å². The van der Waals surface area contributed by atoms with Crippen molar-refractivity contribution in [3.8, 4) is 0 Å². The maximum Gasteiger partial charge on any atom is 0.251 e. The molecule has 1 fully saturated rings. The molecule has 25 heavy (non-hydrogen) atoms. The maximum atomic E-state index is 12.4. The summed E-state index contributed by atoms with van der Waals surface area (Å²) in [5.41, 5.74) is 3.98. The molecule has 2 aromatic carbocycles. The van der Waals surface area contributed by atoms with Crippen LogP contribution in [0.4, 0.5) is 0 Å². The van der Waals surface area contributed by atoms with E-state index in [0.29, 0.717) is 31.6 Å². The van der Waals surface area contributed by atoms with Gasteiger partial charge >= 0.3 is 0 Å². The normalized spacial score (nSPS) is 17.0. The van der Waals surface area contributed by atoms with Gasteiger partial charge in [-0.3, -0.25) is 9.59 Å². The molecule has 0 bridgehead atoms. The highest BCUT2D eigenvalue weighted by Gasteiger charge is 2.29. The summed E-state index contributed by atoms with van der Waals surface area (Å²) in [4.78, 5) is 26.4. The Balaban J connectivity index is 1.54. The number of rotatable bonds is 5. The minimum absolute atomic E-state index is 0.0687. The zero-order valence-electron chi connectivity index (χ0n) is 14.8. The van der Waals surface area contributed by atoms with Crippen molar-refractivity contribution in [1.82, 2.24) is 10.2 Å². The second-order valence-corrected chi connectivity index (χ2v) is 6.92. The summed E-state index contributed by atoms with van der Waals surface area (Å²) < 4.78 is 0. The van der Waals surface area contributed by atoms with E-state index >= 15 is 0 Å². The number of nitrogens with one attached hydrogen (secondary N) is 1. The molecule has 4 nitrogen and oxygen atoms in total. The summed E-state index contributed by atoms with van der Waals surface area (Å²) >= 11 is 0. The third kappa shape index (κ3) is 4.47. The van der Waals surface area contributed by atoms with Crippen molar-refractivity contribution in [3.05, 3.63) is 70.8 Å². The molecule has 0 radical (unpaired) electrons. The Kier molecular flexibility index (Phi) is 5.17. The lowest BCUT2D eigenvalue weighted by atomic mass is 10.1.